The van der Waals surface area contributed by atoms with E-state index in [1.807, 2.05) is 0 Å². The zero-order chi connectivity index (χ0) is 9.97. The standard InChI is InChI=1S/C12H23NO/c1-9-3-4-10(2)12(7-9)13-11-5-6-14-8-11/h9-13H,3-8H2,1-2H3. The molecule has 0 spiro atoms. The fourth-order valence-corrected chi connectivity index (χ4v) is 2.73. The van der Waals surface area contributed by atoms with Crippen LogP contribution in [0, 0.1) is 11.8 Å². The van der Waals surface area contributed by atoms with Crippen LogP contribution in [0.25, 0.3) is 0 Å². The Morgan fingerprint density at radius 1 is 1.14 bits per heavy atom. The first-order valence-corrected chi connectivity index (χ1v) is 6.09. The van der Waals surface area contributed by atoms with Crippen molar-refractivity contribution in [1.82, 2.24) is 5.32 Å². The Bertz CT molecular complexity index is 177. The average molecular weight is 197 g/mol. The van der Waals surface area contributed by atoms with Gasteiger partial charge in [0.25, 0.3) is 0 Å². The van der Waals surface area contributed by atoms with E-state index in [1.54, 1.807) is 0 Å². The summed E-state index contributed by atoms with van der Waals surface area (Å²) in [6.45, 7) is 6.65. The van der Waals surface area contributed by atoms with E-state index in [0.717, 1.165) is 31.1 Å². The molecule has 82 valence electrons. The number of hydrogen-bond acceptors (Lipinski definition) is 2. The summed E-state index contributed by atoms with van der Waals surface area (Å²) in [5.41, 5.74) is 0. The molecule has 14 heavy (non-hydrogen) atoms. The predicted octanol–water partition coefficient (Wildman–Crippen LogP) is 2.19. The van der Waals surface area contributed by atoms with Gasteiger partial charge >= 0.3 is 0 Å². The Hall–Kier alpha value is -0.0800. The highest BCUT2D eigenvalue weighted by atomic mass is 16.5. The second-order valence-corrected chi connectivity index (χ2v) is 5.23. The number of hydrogen-bond donors (Lipinski definition) is 1. The fraction of sp³-hybridized carbons (Fsp3) is 1.00. The molecular weight excluding hydrogens is 174 g/mol. The molecule has 1 heterocycles. The first-order valence-electron chi connectivity index (χ1n) is 6.09. The summed E-state index contributed by atoms with van der Waals surface area (Å²) in [5, 5.41) is 3.77. The summed E-state index contributed by atoms with van der Waals surface area (Å²) in [6, 6.07) is 1.37. The maximum absolute atomic E-state index is 5.40. The summed E-state index contributed by atoms with van der Waals surface area (Å²) in [5.74, 6) is 1.76. The van der Waals surface area contributed by atoms with E-state index in [0.29, 0.717) is 6.04 Å². The van der Waals surface area contributed by atoms with E-state index in [2.05, 4.69) is 19.2 Å². The van der Waals surface area contributed by atoms with Crippen LogP contribution in [-0.2, 0) is 4.74 Å². The van der Waals surface area contributed by atoms with Crippen molar-refractivity contribution in [3.05, 3.63) is 0 Å². The van der Waals surface area contributed by atoms with Crippen LogP contribution in [0.15, 0.2) is 0 Å². The molecule has 2 fully saturated rings. The second kappa shape index (κ2) is 4.63. The van der Waals surface area contributed by atoms with Crippen molar-refractivity contribution in [2.45, 2.75) is 51.6 Å². The van der Waals surface area contributed by atoms with Crippen LogP contribution < -0.4 is 5.32 Å². The van der Waals surface area contributed by atoms with Gasteiger partial charge in [-0.25, -0.2) is 0 Å². The van der Waals surface area contributed by atoms with Crippen LogP contribution in [0.2, 0.25) is 0 Å². The second-order valence-electron chi connectivity index (χ2n) is 5.23. The van der Waals surface area contributed by atoms with Crippen LogP contribution >= 0.6 is 0 Å². The van der Waals surface area contributed by atoms with Gasteiger partial charge in [-0.3, -0.25) is 0 Å². The van der Waals surface area contributed by atoms with Crippen molar-refractivity contribution in [3.8, 4) is 0 Å². The van der Waals surface area contributed by atoms with Crippen molar-refractivity contribution in [2.75, 3.05) is 13.2 Å². The molecule has 0 bridgehead atoms. The minimum absolute atomic E-state index is 0.632. The smallest absolute Gasteiger partial charge is 0.0620 e. The van der Waals surface area contributed by atoms with Gasteiger partial charge in [-0.2, -0.15) is 0 Å². The lowest BCUT2D eigenvalue weighted by Crippen LogP contribution is -2.45. The molecule has 1 N–H and O–H groups in total. The van der Waals surface area contributed by atoms with Gasteiger partial charge in [-0.05, 0) is 31.1 Å². The largest absolute Gasteiger partial charge is 0.380 e. The zero-order valence-corrected chi connectivity index (χ0v) is 9.46. The highest BCUT2D eigenvalue weighted by molar-refractivity contribution is 4.85. The predicted molar refractivity (Wildman–Crippen MR) is 58.3 cm³/mol. The highest BCUT2D eigenvalue weighted by Gasteiger charge is 2.28. The first-order chi connectivity index (χ1) is 6.75. The minimum Gasteiger partial charge on any atom is -0.380 e. The quantitative estimate of drug-likeness (QED) is 0.732. The molecule has 1 saturated heterocycles. The van der Waals surface area contributed by atoms with Crippen molar-refractivity contribution in [1.29, 1.82) is 0 Å². The highest BCUT2D eigenvalue weighted by Crippen LogP contribution is 2.29. The lowest BCUT2D eigenvalue weighted by Gasteiger charge is -2.35. The lowest BCUT2D eigenvalue weighted by atomic mass is 9.80. The third-order valence-electron chi connectivity index (χ3n) is 3.84. The van der Waals surface area contributed by atoms with E-state index >= 15 is 0 Å². The molecule has 4 atom stereocenters. The molecule has 2 heteroatoms. The Labute approximate surface area is 87.4 Å². The molecule has 1 saturated carbocycles. The minimum atomic E-state index is 0.632. The van der Waals surface area contributed by atoms with Gasteiger partial charge in [0.1, 0.15) is 0 Å². The molecule has 1 aliphatic carbocycles. The van der Waals surface area contributed by atoms with Crippen LogP contribution in [-0.4, -0.2) is 25.3 Å². The Kier molecular flexibility index (Phi) is 3.45. The van der Waals surface area contributed by atoms with Crippen molar-refractivity contribution >= 4 is 0 Å². The molecule has 2 rings (SSSR count). The van der Waals surface area contributed by atoms with Gasteiger partial charge in [0.2, 0.25) is 0 Å². The molecular formula is C12H23NO. The third-order valence-corrected chi connectivity index (χ3v) is 3.84. The van der Waals surface area contributed by atoms with Crippen molar-refractivity contribution in [3.63, 3.8) is 0 Å². The number of nitrogens with one attached hydrogen (secondary N) is 1. The van der Waals surface area contributed by atoms with Crippen molar-refractivity contribution < 1.29 is 4.74 Å². The maximum Gasteiger partial charge on any atom is 0.0620 e. The van der Waals surface area contributed by atoms with Gasteiger partial charge < -0.3 is 10.1 Å². The van der Waals surface area contributed by atoms with E-state index in [1.165, 1.54) is 25.7 Å². The van der Waals surface area contributed by atoms with E-state index in [4.69, 9.17) is 4.74 Å². The lowest BCUT2D eigenvalue weighted by molar-refractivity contribution is 0.173. The van der Waals surface area contributed by atoms with Gasteiger partial charge in [0.15, 0.2) is 0 Å². The van der Waals surface area contributed by atoms with Gasteiger partial charge in [0.05, 0.1) is 6.61 Å². The first kappa shape index (κ1) is 10.4. The number of ether oxygens (including phenoxy) is 1. The molecule has 2 nitrogen and oxygen atoms in total. The van der Waals surface area contributed by atoms with E-state index < -0.39 is 0 Å². The van der Waals surface area contributed by atoms with Crippen LogP contribution in [0.5, 0.6) is 0 Å². The molecule has 0 radical (unpaired) electrons. The maximum atomic E-state index is 5.40. The van der Waals surface area contributed by atoms with Gasteiger partial charge in [-0.1, -0.05) is 20.3 Å². The Balaban J connectivity index is 1.82. The van der Waals surface area contributed by atoms with Crippen LogP contribution in [0.3, 0.4) is 0 Å². The summed E-state index contributed by atoms with van der Waals surface area (Å²) in [7, 11) is 0. The van der Waals surface area contributed by atoms with Crippen molar-refractivity contribution in [2.24, 2.45) is 11.8 Å². The van der Waals surface area contributed by atoms with E-state index in [-0.39, 0.29) is 0 Å². The van der Waals surface area contributed by atoms with Gasteiger partial charge in [-0.15, -0.1) is 0 Å². The topological polar surface area (TPSA) is 21.3 Å². The van der Waals surface area contributed by atoms with Crippen LogP contribution in [0.1, 0.15) is 39.5 Å². The Morgan fingerprint density at radius 3 is 2.71 bits per heavy atom. The van der Waals surface area contributed by atoms with Crippen LogP contribution in [0.4, 0.5) is 0 Å². The monoisotopic (exact) mass is 197 g/mol. The fourth-order valence-electron chi connectivity index (χ4n) is 2.73. The Morgan fingerprint density at radius 2 is 2.00 bits per heavy atom. The summed E-state index contributed by atoms with van der Waals surface area (Å²) in [4.78, 5) is 0. The molecule has 2 aliphatic rings. The SMILES string of the molecule is CC1CCC(C)C(NC2CCOC2)C1. The number of rotatable bonds is 2. The van der Waals surface area contributed by atoms with E-state index in [9.17, 15) is 0 Å². The molecule has 0 amide bonds. The summed E-state index contributed by atoms with van der Waals surface area (Å²) < 4.78 is 5.40. The molecule has 4 unspecified atom stereocenters. The summed E-state index contributed by atoms with van der Waals surface area (Å²) >= 11 is 0. The van der Waals surface area contributed by atoms with Gasteiger partial charge in [0, 0.05) is 18.7 Å². The average Bonchev–Trinajstić information content (AvgIpc) is 2.64. The third kappa shape index (κ3) is 2.48. The molecule has 0 aromatic heterocycles. The summed E-state index contributed by atoms with van der Waals surface area (Å²) in [6.07, 6.45) is 5.38. The normalized spacial score (nSPS) is 44.1. The molecule has 0 aromatic carbocycles. The molecule has 0 aromatic rings. The molecule has 1 aliphatic heterocycles. The zero-order valence-electron chi connectivity index (χ0n) is 9.46.